The van der Waals surface area contributed by atoms with Crippen molar-refractivity contribution >= 4 is 5.69 Å². The van der Waals surface area contributed by atoms with Gasteiger partial charge in [-0.25, -0.2) is 0 Å². The van der Waals surface area contributed by atoms with Crippen molar-refractivity contribution in [2.45, 2.75) is 50.0 Å². The molecule has 0 amide bonds. The first-order valence-electron chi connectivity index (χ1n) is 8.63. The maximum Gasteiger partial charge on any atom is 0.0364 e. The fourth-order valence-corrected chi connectivity index (χ4v) is 5.46. The molecule has 2 nitrogen and oxygen atoms in total. The number of likely N-dealkylation sites (tertiary alicyclic amines) is 1. The molecule has 1 heterocycles. The van der Waals surface area contributed by atoms with Gasteiger partial charge in [0.2, 0.25) is 0 Å². The van der Waals surface area contributed by atoms with E-state index in [1.807, 2.05) is 0 Å². The average molecular weight is 284 g/mol. The number of hydrogen-bond donors (Lipinski definition) is 0. The number of rotatable bonds is 1. The highest BCUT2D eigenvalue weighted by atomic mass is 15.2. The standard InChI is InChI=1S/C19H28N2/c1-20(2)15-8-7-14-12-18-16-6-4-5-9-19(16,17(14)13-15)10-11-21(18)3/h7-8,13,16,18H,4-6,9-12H2,1-3H3/t16?,18-,19-/m1/s1. The van der Waals surface area contributed by atoms with Crippen molar-refractivity contribution in [1.29, 1.82) is 0 Å². The zero-order chi connectivity index (χ0) is 14.6. The van der Waals surface area contributed by atoms with Gasteiger partial charge < -0.3 is 9.80 Å². The van der Waals surface area contributed by atoms with E-state index in [1.165, 1.54) is 50.8 Å². The highest BCUT2D eigenvalue weighted by Gasteiger charge is 2.52. The average Bonchev–Trinajstić information content (AvgIpc) is 2.50. The van der Waals surface area contributed by atoms with E-state index in [2.05, 4.69) is 49.1 Å². The third-order valence-electron chi connectivity index (χ3n) is 6.61. The third kappa shape index (κ3) is 1.88. The van der Waals surface area contributed by atoms with Gasteiger partial charge >= 0.3 is 0 Å². The van der Waals surface area contributed by atoms with Gasteiger partial charge in [-0.2, -0.15) is 0 Å². The zero-order valence-corrected chi connectivity index (χ0v) is 13.7. The fraction of sp³-hybridized carbons (Fsp3) is 0.684. The molecule has 2 aliphatic carbocycles. The maximum atomic E-state index is 2.65. The SMILES string of the molecule is CN(C)c1ccc2c(c1)[C@@]13CCCCC1[C@@H](C2)N(C)CC3. The van der Waals surface area contributed by atoms with Crippen molar-refractivity contribution in [2.75, 3.05) is 32.6 Å². The summed E-state index contributed by atoms with van der Waals surface area (Å²) in [6.45, 7) is 1.28. The number of fused-ring (bicyclic) bond motifs is 1. The van der Waals surface area contributed by atoms with Gasteiger partial charge in [-0.1, -0.05) is 18.9 Å². The molecule has 2 bridgehead atoms. The Balaban J connectivity index is 1.87. The Morgan fingerprint density at radius 3 is 2.86 bits per heavy atom. The Labute approximate surface area is 129 Å². The highest BCUT2D eigenvalue weighted by Crippen LogP contribution is 2.55. The van der Waals surface area contributed by atoms with Crippen molar-refractivity contribution in [3.05, 3.63) is 29.3 Å². The van der Waals surface area contributed by atoms with Gasteiger partial charge in [-0.3, -0.25) is 0 Å². The van der Waals surface area contributed by atoms with E-state index in [0.29, 0.717) is 5.41 Å². The van der Waals surface area contributed by atoms with Gasteiger partial charge in [-0.15, -0.1) is 0 Å². The summed E-state index contributed by atoms with van der Waals surface area (Å²) >= 11 is 0. The lowest BCUT2D eigenvalue weighted by atomic mass is 9.52. The Kier molecular flexibility index (Phi) is 3.08. The smallest absolute Gasteiger partial charge is 0.0364 e. The van der Waals surface area contributed by atoms with Crippen LogP contribution in [0, 0.1) is 5.92 Å². The van der Waals surface area contributed by atoms with Crippen molar-refractivity contribution < 1.29 is 0 Å². The molecule has 4 rings (SSSR count). The van der Waals surface area contributed by atoms with Crippen LogP contribution in [0.15, 0.2) is 18.2 Å². The highest BCUT2D eigenvalue weighted by molar-refractivity contribution is 5.54. The van der Waals surface area contributed by atoms with E-state index < -0.39 is 0 Å². The number of likely N-dealkylation sites (N-methyl/N-ethyl adjacent to an activating group) is 1. The van der Waals surface area contributed by atoms with E-state index in [-0.39, 0.29) is 0 Å². The third-order valence-corrected chi connectivity index (χ3v) is 6.61. The van der Waals surface area contributed by atoms with E-state index in [0.717, 1.165) is 12.0 Å². The summed E-state index contributed by atoms with van der Waals surface area (Å²) in [5, 5.41) is 0. The molecule has 0 spiro atoms. The van der Waals surface area contributed by atoms with Crippen LogP contribution in [0.5, 0.6) is 0 Å². The normalized spacial score (nSPS) is 35.0. The zero-order valence-electron chi connectivity index (χ0n) is 13.7. The molecule has 2 fully saturated rings. The molecule has 1 aromatic rings. The topological polar surface area (TPSA) is 6.48 Å². The van der Waals surface area contributed by atoms with Gasteiger partial charge in [0.05, 0.1) is 0 Å². The molecule has 1 aliphatic heterocycles. The van der Waals surface area contributed by atoms with Crippen LogP contribution in [0.3, 0.4) is 0 Å². The monoisotopic (exact) mass is 284 g/mol. The quantitative estimate of drug-likeness (QED) is 0.779. The minimum absolute atomic E-state index is 0.495. The first-order valence-corrected chi connectivity index (χ1v) is 8.63. The van der Waals surface area contributed by atoms with E-state index in [4.69, 9.17) is 0 Å². The fourth-order valence-electron chi connectivity index (χ4n) is 5.46. The summed E-state index contributed by atoms with van der Waals surface area (Å²) in [6, 6.07) is 8.05. The minimum atomic E-state index is 0.495. The van der Waals surface area contributed by atoms with Gasteiger partial charge in [0.15, 0.2) is 0 Å². The number of benzene rings is 1. The predicted molar refractivity (Wildman–Crippen MR) is 89.1 cm³/mol. The lowest BCUT2D eigenvalue weighted by Gasteiger charge is -2.58. The first-order chi connectivity index (χ1) is 10.1. The number of nitrogens with zero attached hydrogens (tertiary/aromatic N) is 2. The molecule has 0 radical (unpaired) electrons. The summed E-state index contributed by atoms with van der Waals surface area (Å²) in [4.78, 5) is 4.91. The Morgan fingerprint density at radius 2 is 2.05 bits per heavy atom. The van der Waals surface area contributed by atoms with E-state index >= 15 is 0 Å². The molecular weight excluding hydrogens is 256 g/mol. The molecule has 3 aliphatic rings. The van der Waals surface area contributed by atoms with Crippen LogP contribution in [-0.2, 0) is 11.8 Å². The number of anilines is 1. The van der Waals surface area contributed by atoms with Crippen molar-refractivity contribution in [3.63, 3.8) is 0 Å². The molecule has 2 heteroatoms. The molecule has 0 aromatic heterocycles. The predicted octanol–water partition coefficient (Wildman–Crippen LogP) is 3.44. The Morgan fingerprint density at radius 1 is 1.19 bits per heavy atom. The van der Waals surface area contributed by atoms with Crippen LogP contribution in [0.4, 0.5) is 5.69 Å². The van der Waals surface area contributed by atoms with Crippen LogP contribution in [0.2, 0.25) is 0 Å². The molecule has 1 saturated heterocycles. The van der Waals surface area contributed by atoms with Crippen molar-refractivity contribution in [2.24, 2.45) is 5.92 Å². The van der Waals surface area contributed by atoms with Crippen molar-refractivity contribution in [3.8, 4) is 0 Å². The number of piperidine rings is 1. The Hall–Kier alpha value is -1.02. The van der Waals surface area contributed by atoms with Crippen LogP contribution in [0.25, 0.3) is 0 Å². The summed E-state index contributed by atoms with van der Waals surface area (Å²) < 4.78 is 0. The van der Waals surface area contributed by atoms with Crippen LogP contribution >= 0.6 is 0 Å². The van der Waals surface area contributed by atoms with Gasteiger partial charge in [0.1, 0.15) is 0 Å². The second kappa shape index (κ2) is 4.74. The molecule has 1 aromatic carbocycles. The molecule has 114 valence electrons. The lowest BCUT2D eigenvalue weighted by Crippen LogP contribution is -2.59. The second-order valence-electron chi connectivity index (χ2n) is 7.75. The van der Waals surface area contributed by atoms with E-state index in [1.54, 1.807) is 11.1 Å². The Bertz CT molecular complexity index is 550. The first kappa shape index (κ1) is 13.6. The summed E-state index contributed by atoms with van der Waals surface area (Å²) in [5.74, 6) is 0.898. The molecular formula is C19H28N2. The minimum Gasteiger partial charge on any atom is -0.378 e. The molecule has 1 saturated carbocycles. The second-order valence-corrected chi connectivity index (χ2v) is 7.75. The van der Waals surface area contributed by atoms with Crippen LogP contribution in [0.1, 0.15) is 43.2 Å². The van der Waals surface area contributed by atoms with Gasteiger partial charge in [0.25, 0.3) is 0 Å². The summed E-state index contributed by atoms with van der Waals surface area (Å²) in [7, 11) is 6.68. The van der Waals surface area contributed by atoms with Gasteiger partial charge in [-0.05, 0) is 68.5 Å². The number of hydrogen-bond acceptors (Lipinski definition) is 2. The molecule has 21 heavy (non-hydrogen) atoms. The van der Waals surface area contributed by atoms with E-state index in [9.17, 15) is 0 Å². The molecule has 3 atom stereocenters. The molecule has 1 unspecified atom stereocenters. The summed E-state index contributed by atoms with van der Waals surface area (Å²) in [6.07, 6.45) is 8.38. The van der Waals surface area contributed by atoms with Gasteiger partial charge in [0, 0.05) is 31.2 Å². The largest absolute Gasteiger partial charge is 0.378 e. The van der Waals surface area contributed by atoms with Crippen LogP contribution < -0.4 is 4.90 Å². The molecule has 0 N–H and O–H groups in total. The summed E-state index contributed by atoms with van der Waals surface area (Å²) in [5.41, 5.74) is 5.22. The lowest BCUT2D eigenvalue weighted by molar-refractivity contribution is 0.00289. The maximum absolute atomic E-state index is 2.65. The van der Waals surface area contributed by atoms with Crippen LogP contribution in [-0.4, -0.2) is 38.6 Å². The van der Waals surface area contributed by atoms with Crippen molar-refractivity contribution in [1.82, 2.24) is 4.90 Å².